The topological polar surface area (TPSA) is 25.2 Å². The number of halogens is 1. The Morgan fingerprint density at radius 2 is 2.13 bits per heavy atom. The Hall–Kier alpha value is -0.280. The molecule has 15 heavy (non-hydrogen) atoms. The summed E-state index contributed by atoms with van der Waals surface area (Å²) in [5.74, 6) is 1.00. The largest absolute Gasteiger partial charge is 0.466 e. The molecule has 0 radical (unpaired) electrons. The fourth-order valence-electron chi connectivity index (χ4n) is 2.50. The van der Waals surface area contributed by atoms with Gasteiger partial charge in [-0.1, -0.05) is 12.8 Å². The highest BCUT2D eigenvalue weighted by molar-refractivity contribution is 9.10. The fourth-order valence-corrected chi connectivity index (χ4v) is 3.05. The van der Waals surface area contributed by atoms with Crippen LogP contribution < -0.4 is 5.32 Å². The van der Waals surface area contributed by atoms with Crippen molar-refractivity contribution >= 4 is 15.9 Å². The van der Waals surface area contributed by atoms with Gasteiger partial charge in [0.1, 0.15) is 5.76 Å². The van der Waals surface area contributed by atoms with Crippen molar-refractivity contribution in [2.24, 2.45) is 0 Å². The van der Waals surface area contributed by atoms with E-state index in [1.54, 1.807) is 6.26 Å². The van der Waals surface area contributed by atoms with E-state index in [2.05, 4.69) is 35.1 Å². The summed E-state index contributed by atoms with van der Waals surface area (Å²) in [5.41, 5.74) is 0.297. The first-order chi connectivity index (χ1) is 7.11. The molecule has 0 amide bonds. The molecular weight excluding hydrogens is 254 g/mol. The predicted molar refractivity (Wildman–Crippen MR) is 64.8 cm³/mol. The molecule has 1 aromatic rings. The van der Waals surface area contributed by atoms with Gasteiger partial charge in [0, 0.05) is 5.54 Å². The summed E-state index contributed by atoms with van der Waals surface area (Å²) in [7, 11) is 0. The van der Waals surface area contributed by atoms with Gasteiger partial charge < -0.3 is 9.73 Å². The molecule has 1 aliphatic rings. The van der Waals surface area contributed by atoms with Crippen molar-refractivity contribution in [2.45, 2.75) is 51.1 Å². The summed E-state index contributed by atoms with van der Waals surface area (Å²) in [6.07, 6.45) is 6.96. The summed E-state index contributed by atoms with van der Waals surface area (Å²) in [5, 5.41) is 3.67. The molecule has 1 unspecified atom stereocenters. The second-order valence-corrected chi connectivity index (χ2v) is 5.62. The van der Waals surface area contributed by atoms with Crippen LogP contribution in [0.15, 0.2) is 21.2 Å². The van der Waals surface area contributed by atoms with Gasteiger partial charge in [-0.3, -0.25) is 0 Å². The zero-order chi connectivity index (χ0) is 10.9. The number of nitrogens with one attached hydrogen (secondary N) is 1. The maximum absolute atomic E-state index is 5.47. The predicted octanol–water partition coefficient (Wildman–Crippen LogP) is 4.03. The van der Waals surface area contributed by atoms with Crippen molar-refractivity contribution in [1.29, 1.82) is 0 Å². The first kappa shape index (κ1) is 11.2. The van der Waals surface area contributed by atoms with Gasteiger partial charge in [0.25, 0.3) is 0 Å². The summed E-state index contributed by atoms with van der Waals surface area (Å²) < 4.78 is 6.53. The van der Waals surface area contributed by atoms with Gasteiger partial charge in [-0.25, -0.2) is 0 Å². The Kier molecular flexibility index (Phi) is 3.21. The summed E-state index contributed by atoms with van der Waals surface area (Å²) in [6, 6.07) is 2.22. The highest BCUT2D eigenvalue weighted by Gasteiger charge is 2.30. The number of hydrogen-bond acceptors (Lipinski definition) is 2. The third-order valence-electron chi connectivity index (χ3n) is 3.31. The minimum Gasteiger partial charge on any atom is -0.466 e. The van der Waals surface area contributed by atoms with Crippen LogP contribution in [0.25, 0.3) is 0 Å². The molecule has 1 aromatic heterocycles. The second-order valence-electron chi connectivity index (χ2n) is 4.77. The summed E-state index contributed by atoms with van der Waals surface area (Å²) in [4.78, 5) is 0. The van der Waals surface area contributed by atoms with Crippen molar-refractivity contribution < 1.29 is 4.42 Å². The number of rotatable bonds is 3. The van der Waals surface area contributed by atoms with Gasteiger partial charge in [0.2, 0.25) is 0 Å². The molecule has 1 heterocycles. The highest BCUT2D eigenvalue weighted by atomic mass is 79.9. The van der Waals surface area contributed by atoms with Crippen LogP contribution in [-0.4, -0.2) is 5.54 Å². The summed E-state index contributed by atoms with van der Waals surface area (Å²) in [6.45, 7) is 4.47. The van der Waals surface area contributed by atoms with Crippen LogP contribution in [0.5, 0.6) is 0 Å². The molecule has 1 N–H and O–H groups in total. The van der Waals surface area contributed by atoms with Gasteiger partial charge in [-0.2, -0.15) is 0 Å². The van der Waals surface area contributed by atoms with Crippen LogP contribution in [0.1, 0.15) is 51.3 Å². The van der Waals surface area contributed by atoms with Gasteiger partial charge in [0.15, 0.2) is 0 Å². The average molecular weight is 272 g/mol. The fraction of sp³-hybridized carbons (Fsp3) is 0.667. The molecule has 1 atom stereocenters. The normalized spacial score (nSPS) is 21.8. The van der Waals surface area contributed by atoms with E-state index in [0.717, 1.165) is 10.2 Å². The van der Waals surface area contributed by atoms with Crippen LogP contribution in [0.3, 0.4) is 0 Å². The van der Waals surface area contributed by atoms with Crippen LogP contribution in [0.4, 0.5) is 0 Å². The molecule has 1 saturated carbocycles. The molecule has 84 valence electrons. The van der Waals surface area contributed by atoms with E-state index in [0.29, 0.717) is 5.54 Å². The van der Waals surface area contributed by atoms with Crippen molar-refractivity contribution in [3.8, 4) is 0 Å². The summed E-state index contributed by atoms with van der Waals surface area (Å²) >= 11 is 3.50. The lowest BCUT2D eigenvalue weighted by atomic mass is 9.99. The first-order valence-electron chi connectivity index (χ1n) is 5.61. The van der Waals surface area contributed by atoms with Gasteiger partial charge in [0.05, 0.1) is 16.8 Å². The van der Waals surface area contributed by atoms with Crippen LogP contribution in [-0.2, 0) is 0 Å². The molecule has 2 rings (SSSR count). The molecule has 0 saturated heterocycles. The van der Waals surface area contributed by atoms with Crippen molar-refractivity contribution in [1.82, 2.24) is 5.32 Å². The molecule has 3 heteroatoms. The van der Waals surface area contributed by atoms with Crippen LogP contribution in [0.2, 0.25) is 0 Å². The molecule has 0 aromatic carbocycles. The Bertz CT molecular complexity index is 328. The lowest BCUT2D eigenvalue weighted by Gasteiger charge is -2.29. The van der Waals surface area contributed by atoms with E-state index in [-0.39, 0.29) is 6.04 Å². The number of hydrogen-bond donors (Lipinski definition) is 1. The molecule has 1 aliphatic carbocycles. The lowest BCUT2D eigenvalue weighted by molar-refractivity contribution is 0.300. The zero-order valence-corrected chi connectivity index (χ0v) is 10.9. The Balaban J connectivity index is 2.03. The minimum atomic E-state index is 0.275. The quantitative estimate of drug-likeness (QED) is 0.898. The van der Waals surface area contributed by atoms with Gasteiger partial charge >= 0.3 is 0 Å². The zero-order valence-electron chi connectivity index (χ0n) is 9.35. The number of furan rings is 1. The smallest absolute Gasteiger partial charge is 0.134 e. The Morgan fingerprint density at radius 1 is 1.47 bits per heavy atom. The van der Waals surface area contributed by atoms with Crippen LogP contribution in [0, 0.1) is 0 Å². The Morgan fingerprint density at radius 3 is 2.67 bits per heavy atom. The third kappa shape index (κ3) is 2.45. The van der Waals surface area contributed by atoms with Crippen molar-refractivity contribution in [3.63, 3.8) is 0 Å². The maximum atomic E-state index is 5.47. The van der Waals surface area contributed by atoms with Gasteiger partial charge in [-0.15, -0.1) is 0 Å². The van der Waals surface area contributed by atoms with E-state index >= 15 is 0 Å². The molecule has 0 bridgehead atoms. The average Bonchev–Trinajstić information content (AvgIpc) is 2.74. The van der Waals surface area contributed by atoms with E-state index in [1.807, 2.05) is 6.07 Å². The van der Waals surface area contributed by atoms with Crippen molar-refractivity contribution in [3.05, 3.63) is 22.6 Å². The lowest BCUT2D eigenvalue weighted by Crippen LogP contribution is -2.40. The van der Waals surface area contributed by atoms with E-state index < -0.39 is 0 Å². The molecule has 0 aliphatic heterocycles. The molecule has 2 nitrogen and oxygen atoms in total. The second kappa shape index (κ2) is 4.30. The van der Waals surface area contributed by atoms with E-state index in [4.69, 9.17) is 4.42 Å². The maximum Gasteiger partial charge on any atom is 0.134 e. The highest BCUT2D eigenvalue weighted by Crippen LogP contribution is 2.33. The minimum absolute atomic E-state index is 0.275. The monoisotopic (exact) mass is 271 g/mol. The standard InChI is InChI=1S/C12H18BrNO/c1-9(11-10(13)5-8-15-11)14-12(2)6-3-4-7-12/h5,8-9,14H,3-4,6-7H2,1-2H3. The van der Waals surface area contributed by atoms with Crippen LogP contribution >= 0.6 is 15.9 Å². The third-order valence-corrected chi connectivity index (χ3v) is 3.97. The molecule has 0 spiro atoms. The van der Waals surface area contributed by atoms with E-state index in [1.165, 1.54) is 25.7 Å². The Labute approximate surface area is 99.6 Å². The van der Waals surface area contributed by atoms with Gasteiger partial charge in [-0.05, 0) is 48.7 Å². The van der Waals surface area contributed by atoms with E-state index in [9.17, 15) is 0 Å². The molecular formula is C12H18BrNO. The van der Waals surface area contributed by atoms with Crippen molar-refractivity contribution in [2.75, 3.05) is 0 Å². The first-order valence-corrected chi connectivity index (χ1v) is 6.41. The molecule has 1 fully saturated rings. The SMILES string of the molecule is CC(NC1(C)CCCC1)c1occc1Br.